The third-order valence-corrected chi connectivity index (χ3v) is 4.12. The molecule has 1 rings (SSSR count). The van der Waals surface area contributed by atoms with Crippen LogP contribution in [0.4, 0.5) is 4.39 Å². The lowest BCUT2D eigenvalue weighted by Gasteiger charge is -2.05. The van der Waals surface area contributed by atoms with Gasteiger partial charge in [-0.1, -0.05) is 0 Å². The summed E-state index contributed by atoms with van der Waals surface area (Å²) >= 11 is 0. The van der Waals surface area contributed by atoms with Crippen LogP contribution < -0.4 is 5.32 Å². The fourth-order valence-electron chi connectivity index (χ4n) is 1.33. The van der Waals surface area contributed by atoms with Crippen molar-refractivity contribution in [3.63, 3.8) is 0 Å². The van der Waals surface area contributed by atoms with Crippen molar-refractivity contribution in [3.8, 4) is 0 Å². The maximum absolute atomic E-state index is 13.1. The van der Waals surface area contributed by atoms with Crippen LogP contribution >= 0.6 is 0 Å². The van der Waals surface area contributed by atoms with Crippen LogP contribution in [0.15, 0.2) is 23.1 Å². The van der Waals surface area contributed by atoms with Gasteiger partial charge in [-0.05, 0) is 18.2 Å². The van der Waals surface area contributed by atoms with Crippen LogP contribution in [0.2, 0.25) is 0 Å². The number of amides is 1. The summed E-state index contributed by atoms with van der Waals surface area (Å²) < 4.78 is 36.8. The van der Waals surface area contributed by atoms with E-state index in [-0.39, 0.29) is 11.3 Å². The van der Waals surface area contributed by atoms with Crippen molar-refractivity contribution >= 4 is 21.7 Å². The smallest absolute Gasteiger partial charge is 0.338 e. The Balaban J connectivity index is 3.05. The number of halogens is 1. The molecule has 0 aromatic heterocycles. The van der Waals surface area contributed by atoms with E-state index in [4.69, 9.17) is 5.11 Å². The van der Waals surface area contributed by atoms with Crippen LogP contribution in [0, 0.1) is 5.82 Å². The van der Waals surface area contributed by atoms with E-state index in [1.807, 2.05) is 0 Å². The van der Waals surface area contributed by atoms with E-state index in [0.29, 0.717) is 0 Å². The molecule has 0 saturated heterocycles. The van der Waals surface area contributed by atoms with Crippen LogP contribution in [0.1, 0.15) is 16.8 Å². The number of carbonyl (C=O) groups excluding carboxylic acids is 1. The molecular weight excluding hydrogens is 277 g/mol. The SMILES string of the molecule is CNC(=O)CCS(=O)(=O)c1ccc(F)c(C(=O)O)c1. The molecule has 1 amide bonds. The number of carbonyl (C=O) groups is 2. The monoisotopic (exact) mass is 289 g/mol. The maximum Gasteiger partial charge on any atom is 0.338 e. The Bertz CT molecular complexity index is 612. The minimum atomic E-state index is -3.83. The summed E-state index contributed by atoms with van der Waals surface area (Å²) in [5.41, 5.74) is -0.721. The van der Waals surface area contributed by atoms with E-state index in [2.05, 4.69) is 5.32 Å². The molecule has 2 N–H and O–H groups in total. The highest BCUT2D eigenvalue weighted by Crippen LogP contribution is 2.17. The van der Waals surface area contributed by atoms with Gasteiger partial charge in [-0.2, -0.15) is 0 Å². The Labute approximate surface area is 109 Å². The molecule has 0 aliphatic rings. The first-order chi connectivity index (χ1) is 8.77. The summed E-state index contributed by atoms with van der Waals surface area (Å²) in [7, 11) is -2.46. The van der Waals surface area contributed by atoms with Crippen LogP contribution in [-0.2, 0) is 14.6 Å². The van der Waals surface area contributed by atoms with Gasteiger partial charge in [0.1, 0.15) is 5.82 Å². The standard InChI is InChI=1S/C11H12FNO5S/c1-13-10(14)4-5-19(17,18)7-2-3-9(12)8(6-7)11(15)16/h2-3,6H,4-5H2,1H3,(H,13,14)(H,15,16). The number of hydrogen-bond acceptors (Lipinski definition) is 4. The van der Waals surface area contributed by atoms with Crippen molar-refractivity contribution in [2.45, 2.75) is 11.3 Å². The van der Waals surface area contributed by atoms with Crippen molar-refractivity contribution < 1.29 is 27.5 Å². The number of carboxylic acids is 1. The highest BCUT2D eigenvalue weighted by atomic mass is 32.2. The fraction of sp³-hybridized carbons (Fsp3) is 0.273. The molecule has 104 valence electrons. The molecule has 0 unspecified atom stereocenters. The molecule has 1 aromatic carbocycles. The zero-order valence-corrected chi connectivity index (χ0v) is 10.8. The lowest BCUT2D eigenvalue weighted by atomic mass is 10.2. The Morgan fingerprint density at radius 1 is 1.37 bits per heavy atom. The lowest BCUT2D eigenvalue weighted by Crippen LogP contribution is -2.21. The number of benzene rings is 1. The minimum Gasteiger partial charge on any atom is -0.478 e. The molecule has 0 aliphatic heterocycles. The van der Waals surface area contributed by atoms with Crippen molar-refractivity contribution in [3.05, 3.63) is 29.6 Å². The predicted molar refractivity (Wildman–Crippen MR) is 64.1 cm³/mol. The second kappa shape index (κ2) is 5.79. The van der Waals surface area contributed by atoms with Gasteiger partial charge in [-0.25, -0.2) is 17.6 Å². The van der Waals surface area contributed by atoms with E-state index in [1.165, 1.54) is 7.05 Å². The van der Waals surface area contributed by atoms with E-state index < -0.39 is 38.8 Å². The molecule has 1 aromatic rings. The zero-order chi connectivity index (χ0) is 14.6. The normalized spacial score (nSPS) is 11.1. The third-order valence-electron chi connectivity index (χ3n) is 2.40. The highest BCUT2D eigenvalue weighted by molar-refractivity contribution is 7.91. The van der Waals surface area contributed by atoms with Gasteiger partial charge in [0.2, 0.25) is 5.91 Å². The number of carboxylic acid groups (broad SMARTS) is 1. The van der Waals surface area contributed by atoms with Gasteiger partial charge >= 0.3 is 5.97 Å². The van der Waals surface area contributed by atoms with Gasteiger partial charge < -0.3 is 10.4 Å². The average Bonchev–Trinajstić information content (AvgIpc) is 2.35. The van der Waals surface area contributed by atoms with Gasteiger partial charge in [0, 0.05) is 13.5 Å². The van der Waals surface area contributed by atoms with Crippen molar-refractivity contribution in [1.82, 2.24) is 5.32 Å². The van der Waals surface area contributed by atoms with Crippen LogP contribution in [0.25, 0.3) is 0 Å². The minimum absolute atomic E-state index is 0.251. The van der Waals surface area contributed by atoms with Gasteiger partial charge in [0.25, 0.3) is 0 Å². The Kier molecular flexibility index (Phi) is 4.60. The van der Waals surface area contributed by atoms with Gasteiger partial charge in [0.05, 0.1) is 16.2 Å². The van der Waals surface area contributed by atoms with Gasteiger partial charge in [-0.15, -0.1) is 0 Å². The molecule has 0 bridgehead atoms. The van der Waals surface area contributed by atoms with E-state index in [0.717, 1.165) is 18.2 Å². The predicted octanol–water partition coefficient (Wildman–Crippen LogP) is 0.434. The van der Waals surface area contributed by atoms with Gasteiger partial charge in [-0.3, -0.25) is 4.79 Å². The van der Waals surface area contributed by atoms with Crippen LogP contribution in [-0.4, -0.2) is 38.2 Å². The molecule has 8 heteroatoms. The first-order valence-corrected chi connectivity index (χ1v) is 6.89. The molecule has 6 nitrogen and oxygen atoms in total. The topological polar surface area (TPSA) is 101 Å². The van der Waals surface area contributed by atoms with Crippen molar-refractivity contribution in [2.75, 3.05) is 12.8 Å². The van der Waals surface area contributed by atoms with E-state index in [1.54, 1.807) is 0 Å². The first-order valence-electron chi connectivity index (χ1n) is 5.24. The molecule has 19 heavy (non-hydrogen) atoms. The average molecular weight is 289 g/mol. The molecule has 0 heterocycles. The molecule has 0 radical (unpaired) electrons. The summed E-state index contributed by atoms with van der Waals surface area (Å²) in [6, 6.07) is 2.49. The summed E-state index contributed by atoms with van der Waals surface area (Å²) in [4.78, 5) is 21.4. The largest absolute Gasteiger partial charge is 0.478 e. The molecule has 0 spiro atoms. The number of hydrogen-bond donors (Lipinski definition) is 2. The van der Waals surface area contributed by atoms with Crippen LogP contribution in [0.5, 0.6) is 0 Å². The maximum atomic E-state index is 13.1. The summed E-state index contributed by atoms with van der Waals surface area (Å²) in [5.74, 6) is -3.50. The number of aromatic carboxylic acids is 1. The molecule has 0 fully saturated rings. The summed E-state index contributed by atoms with van der Waals surface area (Å²) in [6.07, 6.45) is -0.251. The molecule has 0 atom stereocenters. The van der Waals surface area contributed by atoms with Crippen molar-refractivity contribution in [2.24, 2.45) is 0 Å². The summed E-state index contributed by atoms with van der Waals surface area (Å²) in [5, 5.41) is 11.0. The zero-order valence-electron chi connectivity index (χ0n) is 10.0. The Hall–Kier alpha value is -1.96. The van der Waals surface area contributed by atoms with E-state index in [9.17, 15) is 22.4 Å². The van der Waals surface area contributed by atoms with Crippen molar-refractivity contribution in [1.29, 1.82) is 0 Å². The molecular formula is C11H12FNO5S. The van der Waals surface area contributed by atoms with E-state index >= 15 is 0 Å². The second-order valence-electron chi connectivity index (χ2n) is 3.69. The fourth-order valence-corrected chi connectivity index (χ4v) is 2.59. The number of rotatable bonds is 5. The second-order valence-corrected chi connectivity index (χ2v) is 5.80. The van der Waals surface area contributed by atoms with Crippen LogP contribution in [0.3, 0.4) is 0 Å². The number of nitrogens with one attached hydrogen (secondary N) is 1. The number of sulfone groups is 1. The molecule has 0 saturated carbocycles. The summed E-state index contributed by atoms with van der Waals surface area (Å²) in [6.45, 7) is 0. The third kappa shape index (κ3) is 3.75. The Morgan fingerprint density at radius 2 is 2.00 bits per heavy atom. The molecule has 0 aliphatic carbocycles. The highest BCUT2D eigenvalue weighted by Gasteiger charge is 2.20. The Morgan fingerprint density at radius 3 is 2.53 bits per heavy atom. The first kappa shape index (κ1) is 15.1. The lowest BCUT2D eigenvalue weighted by molar-refractivity contribution is -0.120. The van der Waals surface area contributed by atoms with Gasteiger partial charge in [0.15, 0.2) is 9.84 Å². The quantitative estimate of drug-likeness (QED) is 0.766.